The Labute approximate surface area is 179 Å². The second-order valence-corrected chi connectivity index (χ2v) is 7.80. The molecule has 0 atom stereocenters. The minimum atomic E-state index is 0.662. The van der Waals surface area contributed by atoms with E-state index in [-0.39, 0.29) is 0 Å². The van der Waals surface area contributed by atoms with E-state index in [0.29, 0.717) is 6.54 Å². The predicted octanol–water partition coefficient (Wildman–Crippen LogP) is 4.44. The fraction of sp³-hybridized carbons (Fsp3) is 0.160. The highest BCUT2D eigenvalue weighted by Crippen LogP contribution is 2.38. The van der Waals surface area contributed by atoms with Crippen LogP contribution in [0.5, 0.6) is 5.75 Å². The van der Waals surface area contributed by atoms with Crippen molar-refractivity contribution >= 4 is 11.0 Å². The molecule has 1 aliphatic rings. The average Bonchev–Trinajstić information content (AvgIpc) is 3.44. The Bertz CT molecular complexity index is 1380. The maximum atomic E-state index is 5.26. The Morgan fingerprint density at radius 2 is 1.74 bits per heavy atom. The minimum Gasteiger partial charge on any atom is -0.497 e. The molecule has 6 rings (SSSR count). The largest absolute Gasteiger partial charge is 0.497 e. The molecular formula is C25H21N5O. The molecule has 0 spiro atoms. The highest BCUT2D eigenvalue weighted by Gasteiger charge is 2.25. The summed E-state index contributed by atoms with van der Waals surface area (Å²) in [5, 5.41) is 10.5. The van der Waals surface area contributed by atoms with Crippen molar-refractivity contribution in [3.8, 4) is 22.6 Å². The molecule has 152 valence electrons. The number of rotatable bonds is 4. The SMILES string of the molecule is COc1ccc(Cn2ncc3c4c(cnc32)CCc2c-4cnn2-c2ccccc2)cc1. The molecule has 3 aromatic heterocycles. The van der Waals surface area contributed by atoms with Crippen molar-refractivity contribution in [1.82, 2.24) is 24.5 Å². The highest BCUT2D eigenvalue weighted by atomic mass is 16.5. The lowest BCUT2D eigenvalue weighted by Gasteiger charge is -2.18. The van der Waals surface area contributed by atoms with E-state index in [9.17, 15) is 0 Å². The number of benzene rings is 2. The fourth-order valence-electron chi connectivity index (χ4n) is 4.46. The molecule has 0 N–H and O–H groups in total. The smallest absolute Gasteiger partial charge is 0.158 e. The molecule has 31 heavy (non-hydrogen) atoms. The van der Waals surface area contributed by atoms with E-state index < -0.39 is 0 Å². The summed E-state index contributed by atoms with van der Waals surface area (Å²) in [6.45, 7) is 0.662. The zero-order chi connectivity index (χ0) is 20.8. The van der Waals surface area contributed by atoms with Gasteiger partial charge in [0.2, 0.25) is 0 Å². The van der Waals surface area contributed by atoms with Crippen molar-refractivity contribution in [2.75, 3.05) is 7.11 Å². The van der Waals surface area contributed by atoms with Gasteiger partial charge in [0.25, 0.3) is 0 Å². The second kappa shape index (κ2) is 7.09. The van der Waals surface area contributed by atoms with Gasteiger partial charge >= 0.3 is 0 Å². The van der Waals surface area contributed by atoms with E-state index in [2.05, 4.69) is 34.0 Å². The zero-order valence-corrected chi connectivity index (χ0v) is 17.2. The summed E-state index contributed by atoms with van der Waals surface area (Å²) in [5.74, 6) is 0.851. The van der Waals surface area contributed by atoms with Crippen molar-refractivity contribution in [1.29, 1.82) is 0 Å². The van der Waals surface area contributed by atoms with Crippen molar-refractivity contribution in [2.45, 2.75) is 19.4 Å². The Hall–Kier alpha value is -3.93. The molecule has 0 amide bonds. The second-order valence-electron chi connectivity index (χ2n) is 7.80. The van der Waals surface area contributed by atoms with Gasteiger partial charge in [-0.25, -0.2) is 14.3 Å². The average molecular weight is 407 g/mol. The van der Waals surface area contributed by atoms with Crippen LogP contribution < -0.4 is 4.74 Å². The molecule has 1 aliphatic carbocycles. The number of nitrogens with zero attached hydrogens (tertiary/aromatic N) is 5. The third-order valence-corrected chi connectivity index (χ3v) is 6.01. The van der Waals surface area contributed by atoms with Gasteiger partial charge in [-0.15, -0.1) is 0 Å². The molecule has 0 radical (unpaired) electrons. The van der Waals surface area contributed by atoms with Gasteiger partial charge in [0.1, 0.15) is 5.75 Å². The van der Waals surface area contributed by atoms with Gasteiger partial charge in [-0.3, -0.25) is 0 Å². The van der Waals surface area contributed by atoms with Gasteiger partial charge in [0.15, 0.2) is 5.65 Å². The van der Waals surface area contributed by atoms with Crippen molar-refractivity contribution in [3.63, 3.8) is 0 Å². The molecule has 6 nitrogen and oxygen atoms in total. The quantitative estimate of drug-likeness (QED) is 0.442. The first-order valence-electron chi connectivity index (χ1n) is 10.4. The third-order valence-electron chi connectivity index (χ3n) is 6.01. The Morgan fingerprint density at radius 1 is 0.903 bits per heavy atom. The number of aromatic nitrogens is 5. The lowest BCUT2D eigenvalue weighted by Crippen LogP contribution is -2.10. The Balaban J connectivity index is 1.43. The first kappa shape index (κ1) is 17.9. The van der Waals surface area contributed by atoms with Crippen molar-refractivity contribution < 1.29 is 4.74 Å². The summed E-state index contributed by atoms with van der Waals surface area (Å²) in [7, 11) is 1.68. The zero-order valence-electron chi connectivity index (χ0n) is 17.2. The maximum absolute atomic E-state index is 5.26. The number of methoxy groups -OCH3 is 1. The lowest BCUT2D eigenvalue weighted by atomic mass is 9.89. The van der Waals surface area contributed by atoms with E-state index in [1.807, 2.05) is 53.6 Å². The van der Waals surface area contributed by atoms with Gasteiger partial charge in [-0.1, -0.05) is 30.3 Å². The standard InChI is InChI=1S/C25H21N5O/c1-31-20-10-7-17(8-11-20)16-29-25-22(15-27-29)24-18(13-26-25)9-12-23-21(24)14-28-30(23)19-5-3-2-4-6-19/h2-8,10-11,13-15H,9,12,16H2,1H3. The molecule has 0 unspecified atom stereocenters. The number of hydrogen-bond donors (Lipinski definition) is 0. The van der Waals surface area contributed by atoms with Crippen LogP contribution in [0.3, 0.4) is 0 Å². The molecule has 3 heterocycles. The molecule has 0 saturated heterocycles. The third kappa shape index (κ3) is 2.91. The number of para-hydroxylation sites is 1. The van der Waals surface area contributed by atoms with Crippen LogP contribution in [-0.2, 0) is 19.4 Å². The van der Waals surface area contributed by atoms with Crippen LogP contribution in [0.15, 0.2) is 73.2 Å². The molecular weight excluding hydrogens is 386 g/mol. The molecule has 0 saturated carbocycles. The van der Waals surface area contributed by atoms with Gasteiger partial charge in [0, 0.05) is 22.7 Å². The molecule has 0 aliphatic heterocycles. The highest BCUT2D eigenvalue weighted by molar-refractivity contribution is 5.95. The van der Waals surface area contributed by atoms with Gasteiger partial charge in [-0.2, -0.15) is 10.2 Å². The first-order valence-corrected chi connectivity index (χ1v) is 10.4. The Kier molecular flexibility index (Phi) is 4.09. The maximum Gasteiger partial charge on any atom is 0.158 e. The van der Waals surface area contributed by atoms with Crippen LogP contribution in [-0.4, -0.2) is 31.7 Å². The number of fused-ring (bicyclic) bond motifs is 5. The summed E-state index contributed by atoms with van der Waals surface area (Å²) in [6, 6.07) is 18.4. The molecule has 5 aromatic rings. The van der Waals surface area contributed by atoms with Crippen LogP contribution in [0.1, 0.15) is 16.8 Å². The number of ether oxygens (including phenoxy) is 1. The van der Waals surface area contributed by atoms with E-state index in [4.69, 9.17) is 14.8 Å². The van der Waals surface area contributed by atoms with E-state index >= 15 is 0 Å². The summed E-state index contributed by atoms with van der Waals surface area (Å²) >= 11 is 0. The number of aryl methyl sites for hydroxylation is 1. The molecule has 0 bridgehead atoms. The van der Waals surface area contributed by atoms with E-state index in [0.717, 1.165) is 40.9 Å². The van der Waals surface area contributed by atoms with Crippen LogP contribution in [0.4, 0.5) is 0 Å². The van der Waals surface area contributed by atoms with Crippen LogP contribution >= 0.6 is 0 Å². The summed E-state index contributed by atoms with van der Waals surface area (Å²) in [6.07, 6.45) is 7.84. The van der Waals surface area contributed by atoms with Gasteiger partial charge in [0.05, 0.1) is 37.4 Å². The molecule has 0 fully saturated rings. The Morgan fingerprint density at radius 3 is 2.55 bits per heavy atom. The van der Waals surface area contributed by atoms with Crippen LogP contribution in [0, 0.1) is 0 Å². The van der Waals surface area contributed by atoms with Crippen molar-refractivity contribution in [3.05, 3.63) is 90.0 Å². The summed E-state index contributed by atoms with van der Waals surface area (Å²) < 4.78 is 9.29. The molecule has 6 heteroatoms. The summed E-state index contributed by atoms with van der Waals surface area (Å²) in [4.78, 5) is 4.77. The van der Waals surface area contributed by atoms with Gasteiger partial charge < -0.3 is 4.74 Å². The lowest BCUT2D eigenvalue weighted by molar-refractivity contribution is 0.414. The minimum absolute atomic E-state index is 0.662. The van der Waals surface area contributed by atoms with E-state index in [1.165, 1.54) is 22.4 Å². The monoisotopic (exact) mass is 407 g/mol. The number of pyridine rings is 1. The topological polar surface area (TPSA) is 57.8 Å². The van der Waals surface area contributed by atoms with Crippen LogP contribution in [0.25, 0.3) is 27.8 Å². The fourth-order valence-corrected chi connectivity index (χ4v) is 4.46. The van der Waals surface area contributed by atoms with Crippen LogP contribution in [0.2, 0.25) is 0 Å². The predicted molar refractivity (Wildman–Crippen MR) is 120 cm³/mol. The first-order chi connectivity index (χ1) is 15.3. The number of hydrogen-bond acceptors (Lipinski definition) is 4. The van der Waals surface area contributed by atoms with E-state index in [1.54, 1.807) is 7.11 Å². The summed E-state index contributed by atoms with van der Waals surface area (Å²) in [5.41, 5.74) is 8.05. The molecule has 2 aromatic carbocycles. The van der Waals surface area contributed by atoms with Crippen molar-refractivity contribution in [2.24, 2.45) is 0 Å². The normalized spacial score (nSPS) is 12.5. The van der Waals surface area contributed by atoms with Gasteiger partial charge in [-0.05, 0) is 48.2 Å².